The van der Waals surface area contributed by atoms with Gasteiger partial charge < -0.3 is 20.0 Å². The molecule has 0 unspecified atom stereocenters. The molecule has 0 aliphatic heterocycles. The summed E-state index contributed by atoms with van der Waals surface area (Å²) in [6.07, 6.45) is 0. The first-order valence-electron chi connectivity index (χ1n) is 4.96. The molecule has 0 spiro atoms. The van der Waals surface area contributed by atoms with Crippen molar-refractivity contribution in [1.82, 2.24) is 0 Å². The number of hydrogen-bond donors (Lipinski definition) is 3. The third-order valence-corrected chi connectivity index (χ3v) is 1.88. The molecule has 1 aromatic carbocycles. The maximum Gasteiger partial charge on any atom is 0.631 e. The van der Waals surface area contributed by atoms with Crippen molar-refractivity contribution in [3.63, 3.8) is 0 Å². The van der Waals surface area contributed by atoms with Gasteiger partial charge in [0.25, 0.3) is 0 Å². The maximum absolute atomic E-state index is 7.17. The molecule has 0 atom stereocenters. The van der Waals surface area contributed by atoms with Gasteiger partial charge in [0.15, 0.2) is 0 Å². The summed E-state index contributed by atoms with van der Waals surface area (Å²) < 4.78 is 0. The van der Waals surface area contributed by atoms with Crippen molar-refractivity contribution in [3.8, 4) is 0 Å². The molecule has 0 radical (unpaired) electrons. The number of para-hydroxylation sites is 1. The van der Waals surface area contributed by atoms with Crippen molar-refractivity contribution in [2.45, 2.75) is 13.8 Å². The SMILES string of the molecule is CCN(CC)c1ccccc1.OB(O)O. The van der Waals surface area contributed by atoms with Gasteiger partial charge in [0, 0.05) is 18.8 Å². The molecule has 0 fully saturated rings. The molecule has 0 saturated carbocycles. The van der Waals surface area contributed by atoms with E-state index in [0.29, 0.717) is 0 Å². The van der Waals surface area contributed by atoms with Crippen LogP contribution in [0.1, 0.15) is 13.8 Å². The average molecular weight is 211 g/mol. The number of rotatable bonds is 3. The van der Waals surface area contributed by atoms with E-state index in [2.05, 4.69) is 43.0 Å². The maximum atomic E-state index is 7.17. The summed E-state index contributed by atoms with van der Waals surface area (Å²) in [5, 5.41) is 21.5. The second kappa shape index (κ2) is 8.29. The van der Waals surface area contributed by atoms with E-state index in [0.717, 1.165) is 13.1 Å². The van der Waals surface area contributed by atoms with Crippen LogP contribution in [0.3, 0.4) is 0 Å². The first-order chi connectivity index (χ1) is 7.11. The van der Waals surface area contributed by atoms with Gasteiger partial charge in [-0.1, -0.05) is 18.2 Å². The topological polar surface area (TPSA) is 63.9 Å². The van der Waals surface area contributed by atoms with Gasteiger partial charge in [0.05, 0.1) is 0 Å². The van der Waals surface area contributed by atoms with Gasteiger partial charge in [-0.2, -0.15) is 0 Å². The summed E-state index contributed by atoms with van der Waals surface area (Å²) in [6, 6.07) is 10.5. The molecule has 0 heterocycles. The molecule has 0 saturated heterocycles. The Hall–Kier alpha value is -1.04. The lowest BCUT2D eigenvalue weighted by Gasteiger charge is -2.20. The van der Waals surface area contributed by atoms with Crippen molar-refractivity contribution in [2.24, 2.45) is 0 Å². The summed E-state index contributed by atoms with van der Waals surface area (Å²) in [7, 11) is -2.17. The first kappa shape index (κ1) is 14.0. The Morgan fingerprint density at radius 2 is 1.40 bits per heavy atom. The second-order valence-electron chi connectivity index (χ2n) is 2.85. The minimum atomic E-state index is -2.17. The Morgan fingerprint density at radius 1 is 1.00 bits per heavy atom. The third kappa shape index (κ3) is 6.96. The molecule has 84 valence electrons. The predicted molar refractivity (Wildman–Crippen MR) is 62.4 cm³/mol. The molecular formula is C10H18BNO3. The largest absolute Gasteiger partial charge is 0.631 e. The molecule has 15 heavy (non-hydrogen) atoms. The van der Waals surface area contributed by atoms with Crippen molar-refractivity contribution >= 4 is 13.0 Å². The zero-order valence-electron chi connectivity index (χ0n) is 9.17. The fraction of sp³-hybridized carbons (Fsp3) is 0.400. The van der Waals surface area contributed by atoms with E-state index >= 15 is 0 Å². The van der Waals surface area contributed by atoms with Crippen molar-refractivity contribution < 1.29 is 15.1 Å². The molecule has 0 aliphatic rings. The van der Waals surface area contributed by atoms with Gasteiger partial charge in [-0.15, -0.1) is 0 Å². The van der Waals surface area contributed by atoms with Crippen LogP contribution >= 0.6 is 0 Å². The third-order valence-electron chi connectivity index (χ3n) is 1.88. The summed E-state index contributed by atoms with van der Waals surface area (Å²) in [5.74, 6) is 0. The smallest absolute Gasteiger partial charge is 0.402 e. The quantitative estimate of drug-likeness (QED) is 0.636. The number of anilines is 1. The molecule has 4 nitrogen and oxygen atoms in total. The van der Waals surface area contributed by atoms with Gasteiger partial charge >= 0.3 is 7.32 Å². The standard InChI is InChI=1S/C10H15N.BH3O3/c1-3-11(4-2)10-8-6-5-7-9-10;2-1(3)4/h5-9H,3-4H2,1-2H3;2-4H. The number of nitrogens with zero attached hydrogens (tertiary/aromatic N) is 1. The Kier molecular flexibility index (Phi) is 7.72. The van der Waals surface area contributed by atoms with Crippen LogP contribution in [-0.4, -0.2) is 35.5 Å². The lowest BCUT2D eigenvalue weighted by atomic mass is 10.3. The Balaban J connectivity index is 0.000000423. The van der Waals surface area contributed by atoms with Crippen LogP contribution in [0.25, 0.3) is 0 Å². The zero-order chi connectivity index (χ0) is 11.7. The highest BCUT2D eigenvalue weighted by Crippen LogP contribution is 2.11. The average Bonchev–Trinajstić information content (AvgIpc) is 2.20. The summed E-state index contributed by atoms with van der Waals surface area (Å²) in [5.41, 5.74) is 1.32. The Morgan fingerprint density at radius 3 is 1.73 bits per heavy atom. The van der Waals surface area contributed by atoms with Crippen molar-refractivity contribution in [2.75, 3.05) is 18.0 Å². The molecule has 3 N–H and O–H groups in total. The summed E-state index contributed by atoms with van der Waals surface area (Å²) >= 11 is 0. The molecular weight excluding hydrogens is 193 g/mol. The van der Waals surface area contributed by atoms with E-state index < -0.39 is 7.32 Å². The van der Waals surface area contributed by atoms with E-state index in [1.165, 1.54) is 5.69 Å². The van der Waals surface area contributed by atoms with Crippen LogP contribution in [0.4, 0.5) is 5.69 Å². The molecule has 1 rings (SSSR count). The Bertz CT molecular complexity index is 237. The van der Waals surface area contributed by atoms with Gasteiger partial charge in [-0.3, -0.25) is 0 Å². The van der Waals surface area contributed by atoms with Crippen molar-refractivity contribution in [1.29, 1.82) is 0 Å². The van der Waals surface area contributed by atoms with Gasteiger partial charge in [-0.05, 0) is 26.0 Å². The van der Waals surface area contributed by atoms with E-state index in [-0.39, 0.29) is 0 Å². The summed E-state index contributed by atoms with van der Waals surface area (Å²) in [6.45, 7) is 6.52. The molecule has 0 aromatic heterocycles. The van der Waals surface area contributed by atoms with Crippen LogP contribution in [0.5, 0.6) is 0 Å². The number of hydrogen-bond acceptors (Lipinski definition) is 4. The highest BCUT2D eigenvalue weighted by molar-refractivity contribution is 6.30. The fourth-order valence-electron chi connectivity index (χ4n) is 1.23. The second-order valence-corrected chi connectivity index (χ2v) is 2.85. The van der Waals surface area contributed by atoms with E-state index in [1.54, 1.807) is 0 Å². The van der Waals surface area contributed by atoms with Crippen LogP contribution in [0.15, 0.2) is 30.3 Å². The Labute approximate surface area is 91.0 Å². The van der Waals surface area contributed by atoms with Crippen LogP contribution in [-0.2, 0) is 0 Å². The normalized spacial score (nSPS) is 8.87. The lowest BCUT2D eigenvalue weighted by Crippen LogP contribution is -2.21. The minimum absolute atomic E-state index is 1.08. The highest BCUT2D eigenvalue weighted by Gasteiger charge is 1.97. The fourth-order valence-corrected chi connectivity index (χ4v) is 1.23. The van der Waals surface area contributed by atoms with Crippen LogP contribution < -0.4 is 4.90 Å². The summed E-state index contributed by atoms with van der Waals surface area (Å²) in [4.78, 5) is 2.33. The van der Waals surface area contributed by atoms with E-state index in [9.17, 15) is 0 Å². The van der Waals surface area contributed by atoms with E-state index in [4.69, 9.17) is 15.1 Å². The van der Waals surface area contributed by atoms with E-state index in [1.807, 2.05) is 6.07 Å². The van der Waals surface area contributed by atoms with Crippen LogP contribution in [0.2, 0.25) is 0 Å². The molecule has 0 aliphatic carbocycles. The van der Waals surface area contributed by atoms with Gasteiger partial charge in [0.1, 0.15) is 0 Å². The lowest BCUT2D eigenvalue weighted by molar-refractivity contribution is 0.278. The molecule has 0 bridgehead atoms. The monoisotopic (exact) mass is 211 g/mol. The minimum Gasteiger partial charge on any atom is -0.402 e. The first-order valence-corrected chi connectivity index (χ1v) is 4.96. The van der Waals surface area contributed by atoms with Crippen molar-refractivity contribution in [3.05, 3.63) is 30.3 Å². The number of benzene rings is 1. The van der Waals surface area contributed by atoms with Crippen LogP contribution in [0, 0.1) is 0 Å². The highest BCUT2D eigenvalue weighted by atomic mass is 16.5. The molecule has 5 heteroatoms. The van der Waals surface area contributed by atoms with Gasteiger partial charge in [0.2, 0.25) is 0 Å². The predicted octanol–water partition coefficient (Wildman–Crippen LogP) is 0.481. The zero-order valence-corrected chi connectivity index (χ0v) is 9.17. The molecule has 1 aromatic rings. The van der Waals surface area contributed by atoms with Gasteiger partial charge in [-0.25, -0.2) is 0 Å². The molecule has 0 amide bonds.